The first kappa shape index (κ1) is 12.0. The molecule has 4 heteroatoms. The van der Waals surface area contributed by atoms with Crippen molar-refractivity contribution in [2.45, 2.75) is 37.9 Å². The minimum absolute atomic E-state index is 0.162. The van der Waals surface area contributed by atoms with Gasteiger partial charge in [-0.25, -0.2) is 0 Å². The molecule has 0 heterocycles. The molecule has 0 spiro atoms. The minimum atomic E-state index is -0.399. The predicted molar refractivity (Wildman–Crippen MR) is 65.4 cm³/mol. The quantitative estimate of drug-likeness (QED) is 0.880. The molecule has 2 rings (SSSR count). The molecule has 0 aromatic heterocycles. The van der Waals surface area contributed by atoms with Gasteiger partial charge in [0.25, 0.3) is 0 Å². The number of halogens is 2. The zero-order valence-electron chi connectivity index (χ0n) is 8.83. The highest BCUT2D eigenvalue weighted by atomic mass is 35.5. The van der Waals surface area contributed by atoms with E-state index in [4.69, 9.17) is 27.9 Å². The second kappa shape index (κ2) is 5.26. The van der Waals surface area contributed by atoms with Crippen molar-refractivity contribution in [3.63, 3.8) is 0 Å². The molecular weight excluding hydrogens is 247 g/mol. The molecule has 1 aromatic carbocycles. The lowest BCUT2D eigenvalue weighted by Gasteiger charge is -2.28. The van der Waals surface area contributed by atoms with Crippen LogP contribution in [0.4, 0.5) is 0 Å². The second-order valence-corrected chi connectivity index (χ2v) is 4.93. The van der Waals surface area contributed by atoms with Gasteiger partial charge >= 0.3 is 0 Å². The van der Waals surface area contributed by atoms with Crippen molar-refractivity contribution in [1.82, 2.24) is 0 Å². The fourth-order valence-electron chi connectivity index (χ4n) is 1.95. The third kappa shape index (κ3) is 2.82. The Labute approximate surface area is 105 Å². The number of hydrogen-bond donors (Lipinski definition) is 1. The highest BCUT2D eigenvalue weighted by molar-refractivity contribution is 6.34. The molecule has 1 aliphatic rings. The third-order valence-electron chi connectivity index (χ3n) is 2.84. The van der Waals surface area contributed by atoms with Crippen molar-refractivity contribution in [3.8, 4) is 5.75 Å². The number of aliphatic hydroxyl groups excluding tert-OH is 1. The Morgan fingerprint density at radius 3 is 2.69 bits per heavy atom. The molecule has 0 radical (unpaired) electrons. The summed E-state index contributed by atoms with van der Waals surface area (Å²) in [7, 11) is 0. The maximum absolute atomic E-state index is 9.79. The molecule has 2 nitrogen and oxygen atoms in total. The first-order valence-corrected chi connectivity index (χ1v) is 6.22. The summed E-state index contributed by atoms with van der Waals surface area (Å²) in [5, 5.41) is 10.9. The molecule has 88 valence electrons. The molecule has 2 atom stereocenters. The lowest BCUT2D eigenvalue weighted by Crippen LogP contribution is -2.34. The van der Waals surface area contributed by atoms with Crippen molar-refractivity contribution in [2.24, 2.45) is 0 Å². The van der Waals surface area contributed by atoms with E-state index in [0.29, 0.717) is 15.8 Å². The zero-order valence-corrected chi connectivity index (χ0v) is 10.3. The topological polar surface area (TPSA) is 29.5 Å². The van der Waals surface area contributed by atoms with Gasteiger partial charge in [0.2, 0.25) is 0 Å². The van der Waals surface area contributed by atoms with Crippen molar-refractivity contribution in [1.29, 1.82) is 0 Å². The average Bonchev–Trinajstić information content (AvgIpc) is 2.27. The van der Waals surface area contributed by atoms with Crippen molar-refractivity contribution in [3.05, 3.63) is 28.2 Å². The van der Waals surface area contributed by atoms with E-state index in [1.807, 2.05) is 0 Å². The molecule has 0 saturated heterocycles. The highest BCUT2D eigenvalue weighted by Gasteiger charge is 2.25. The Hall–Kier alpha value is -0.440. The molecule has 0 unspecified atom stereocenters. The standard InChI is InChI=1S/C12H14Cl2O2/c13-8-5-6-9(14)12(7-8)16-11-4-2-1-3-10(11)15/h5-7,10-11,15H,1-4H2/t10-,11-/m0/s1. The minimum Gasteiger partial charge on any atom is -0.486 e. The van der Waals surface area contributed by atoms with Crippen LogP contribution in [0.1, 0.15) is 25.7 Å². The molecular formula is C12H14Cl2O2. The Morgan fingerprint density at radius 1 is 1.19 bits per heavy atom. The Kier molecular flexibility index (Phi) is 3.95. The van der Waals surface area contributed by atoms with Gasteiger partial charge in [0.05, 0.1) is 11.1 Å². The van der Waals surface area contributed by atoms with Gasteiger partial charge in [-0.1, -0.05) is 29.6 Å². The summed E-state index contributed by atoms with van der Waals surface area (Å²) in [5.41, 5.74) is 0. The molecule has 0 bridgehead atoms. The van der Waals surface area contributed by atoms with Crippen LogP contribution in [0.15, 0.2) is 18.2 Å². The Morgan fingerprint density at radius 2 is 1.94 bits per heavy atom. The number of benzene rings is 1. The van der Waals surface area contributed by atoms with Crippen molar-refractivity contribution >= 4 is 23.2 Å². The first-order valence-electron chi connectivity index (χ1n) is 5.46. The van der Waals surface area contributed by atoms with Crippen LogP contribution in [0, 0.1) is 0 Å². The van der Waals surface area contributed by atoms with E-state index >= 15 is 0 Å². The molecule has 1 fully saturated rings. The Bertz CT molecular complexity index is 368. The molecule has 1 aromatic rings. The van der Waals surface area contributed by atoms with E-state index in [2.05, 4.69) is 0 Å². The summed E-state index contributed by atoms with van der Waals surface area (Å²) in [4.78, 5) is 0. The number of ether oxygens (including phenoxy) is 1. The largest absolute Gasteiger partial charge is 0.486 e. The lowest BCUT2D eigenvalue weighted by molar-refractivity contribution is 0.00693. The van der Waals surface area contributed by atoms with E-state index in [1.165, 1.54) is 0 Å². The smallest absolute Gasteiger partial charge is 0.139 e. The van der Waals surface area contributed by atoms with Gasteiger partial charge in [-0.3, -0.25) is 0 Å². The molecule has 1 N–H and O–H groups in total. The van der Waals surface area contributed by atoms with E-state index < -0.39 is 6.10 Å². The maximum atomic E-state index is 9.79. The molecule has 1 aliphatic carbocycles. The van der Waals surface area contributed by atoms with Crippen LogP contribution in [-0.4, -0.2) is 17.3 Å². The predicted octanol–water partition coefficient (Wildman–Crippen LogP) is 3.68. The van der Waals surface area contributed by atoms with E-state index in [-0.39, 0.29) is 6.10 Å². The summed E-state index contributed by atoms with van der Waals surface area (Å²) in [6.45, 7) is 0. The van der Waals surface area contributed by atoms with Crippen molar-refractivity contribution < 1.29 is 9.84 Å². The number of hydrogen-bond acceptors (Lipinski definition) is 2. The summed E-state index contributed by atoms with van der Waals surface area (Å²) >= 11 is 11.9. The summed E-state index contributed by atoms with van der Waals surface area (Å²) in [5.74, 6) is 0.556. The van der Waals surface area contributed by atoms with Gasteiger partial charge in [0.1, 0.15) is 11.9 Å². The molecule has 16 heavy (non-hydrogen) atoms. The summed E-state index contributed by atoms with van der Waals surface area (Å²) in [6.07, 6.45) is 3.24. The second-order valence-electron chi connectivity index (χ2n) is 4.08. The van der Waals surface area contributed by atoms with Gasteiger partial charge in [-0.2, -0.15) is 0 Å². The molecule has 0 aliphatic heterocycles. The SMILES string of the molecule is O[C@H]1CCCC[C@@H]1Oc1cc(Cl)ccc1Cl. The molecule has 0 amide bonds. The van der Waals surface area contributed by atoms with Gasteiger partial charge in [0, 0.05) is 11.1 Å². The normalized spacial score (nSPS) is 25.4. The van der Waals surface area contributed by atoms with E-state index in [0.717, 1.165) is 25.7 Å². The third-order valence-corrected chi connectivity index (χ3v) is 3.39. The fourth-order valence-corrected chi connectivity index (χ4v) is 2.27. The number of aliphatic hydroxyl groups is 1. The fraction of sp³-hybridized carbons (Fsp3) is 0.500. The lowest BCUT2D eigenvalue weighted by atomic mass is 9.95. The number of rotatable bonds is 2. The first-order chi connectivity index (χ1) is 7.66. The molecule has 1 saturated carbocycles. The average molecular weight is 261 g/mol. The van der Waals surface area contributed by atoms with Crippen LogP contribution in [-0.2, 0) is 0 Å². The van der Waals surface area contributed by atoms with Gasteiger partial charge in [-0.05, 0) is 31.4 Å². The van der Waals surface area contributed by atoms with Crippen LogP contribution in [0.5, 0.6) is 5.75 Å². The van der Waals surface area contributed by atoms with Gasteiger partial charge < -0.3 is 9.84 Å². The van der Waals surface area contributed by atoms with Crippen LogP contribution < -0.4 is 4.74 Å². The van der Waals surface area contributed by atoms with E-state index in [1.54, 1.807) is 18.2 Å². The van der Waals surface area contributed by atoms with Crippen LogP contribution in [0.25, 0.3) is 0 Å². The zero-order chi connectivity index (χ0) is 11.5. The van der Waals surface area contributed by atoms with Crippen LogP contribution >= 0.6 is 23.2 Å². The van der Waals surface area contributed by atoms with Crippen LogP contribution in [0.3, 0.4) is 0 Å². The maximum Gasteiger partial charge on any atom is 0.139 e. The van der Waals surface area contributed by atoms with Crippen molar-refractivity contribution in [2.75, 3.05) is 0 Å². The monoisotopic (exact) mass is 260 g/mol. The van der Waals surface area contributed by atoms with Crippen LogP contribution in [0.2, 0.25) is 10.0 Å². The summed E-state index contributed by atoms with van der Waals surface area (Å²) < 4.78 is 5.71. The van der Waals surface area contributed by atoms with Gasteiger partial charge in [-0.15, -0.1) is 0 Å². The van der Waals surface area contributed by atoms with Gasteiger partial charge in [0.15, 0.2) is 0 Å². The summed E-state index contributed by atoms with van der Waals surface area (Å²) in [6, 6.07) is 5.10. The van der Waals surface area contributed by atoms with E-state index in [9.17, 15) is 5.11 Å². The highest BCUT2D eigenvalue weighted by Crippen LogP contribution is 2.31. The Balaban J connectivity index is 2.10.